The van der Waals surface area contributed by atoms with Gasteiger partial charge in [-0.25, -0.2) is 0 Å². The van der Waals surface area contributed by atoms with Gasteiger partial charge in [-0.3, -0.25) is 4.79 Å². The van der Waals surface area contributed by atoms with Gasteiger partial charge in [-0.05, 0) is 37.5 Å². The number of anilines is 1. The molecule has 1 aromatic rings. The summed E-state index contributed by atoms with van der Waals surface area (Å²) in [6.07, 6.45) is 2.97. The summed E-state index contributed by atoms with van der Waals surface area (Å²) < 4.78 is 0. The Morgan fingerprint density at radius 2 is 2.11 bits per heavy atom. The van der Waals surface area contributed by atoms with Crippen LogP contribution in [0.25, 0.3) is 0 Å². The van der Waals surface area contributed by atoms with Crippen LogP contribution in [0, 0.1) is 0 Å². The number of thioether (sulfide) groups is 1. The van der Waals surface area contributed by atoms with Crippen LogP contribution in [0.4, 0.5) is 5.69 Å². The van der Waals surface area contributed by atoms with Crippen molar-refractivity contribution >= 4 is 46.6 Å². The number of halogens is 2. The van der Waals surface area contributed by atoms with Gasteiger partial charge >= 0.3 is 0 Å². The summed E-state index contributed by atoms with van der Waals surface area (Å²) in [5.74, 6) is 0.845. The second-order valence-corrected chi connectivity index (χ2v) is 6.18. The molecular formula is C13H18Cl2N2OS. The van der Waals surface area contributed by atoms with Gasteiger partial charge in [-0.15, -0.1) is 0 Å². The highest BCUT2D eigenvalue weighted by molar-refractivity contribution is 7.98. The molecule has 0 aromatic heterocycles. The predicted octanol–water partition coefficient (Wildman–Crippen LogP) is 3.79. The zero-order chi connectivity index (χ0) is 14.6. The molecule has 1 amide bonds. The molecule has 1 aromatic carbocycles. The number of amides is 1. The Labute approximate surface area is 128 Å². The van der Waals surface area contributed by atoms with Crippen LogP contribution in [0.5, 0.6) is 0 Å². The van der Waals surface area contributed by atoms with Gasteiger partial charge in [0, 0.05) is 18.8 Å². The van der Waals surface area contributed by atoms with Crippen LogP contribution in [0.3, 0.4) is 0 Å². The summed E-state index contributed by atoms with van der Waals surface area (Å²) in [6, 6.07) is 3.24. The molecule has 2 N–H and O–H groups in total. The number of nitrogens with zero attached hydrogens (tertiary/aromatic N) is 1. The molecule has 0 aliphatic heterocycles. The quantitative estimate of drug-likeness (QED) is 0.839. The van der Waals surface area contributed by atoms with E-state index in [0.717, 1.165) is 12.2 Å². The molecule has 0 heterocycles. The van der Waals surface area contributed by atoms with Gasteiger partial charge in [0.1, 0.15) is 0 Å². The fraction of sp³-hybridized carbons (Fsp3) is 0.462. The highest BCUT2D eigenvalue weighted by Gasteiger charge is 2.21. The summed E-state index contributed by atoms with van der Waals surface area (Å²) in [7, 11) is 1.76. The first-order valence-electron chi connectivity index (χ1n) is 5.89. The largest absolute Gasteiger partial charge is 0.399 e. The van der Waals surface area contributed by atoms with Crippen molar-refractivity contribution in [3.8, 4) is 0 Å². The van der Waals surface area contributed by atoms with E-state index in [1.165, 1.54) is 6.07 Å². The number of carbonyl (C=O) groups excluding carboxylic acids is 1. The summed E-state index contributed by atoms with van der Waals surface area (Å²) in [5.41, 5.74) is 6.49. The Morgan fingerprint density at radius 3 is 2.68 bits per heavy atom. The minimum atomic E-state index is -0.159. The molecule has 0 bridgehead atoms. The number of rotatable bonds is 5. The van der Waals surface area contributed by atoms with Crippen LogP contribution in [-0.4, -0.2) is 35.9 Å². The number of hydrogen-bond acceptors (Lipinski definition) is 3. The molecule has 3 nitrogen and oxygen atoms in total. The summed E-state index contributed by atoms with van der Waals surface area (Å²) in [6.45, 7) is 2.01. The van der Waals surface area contributed by atoms with E-state index in [0.29, 0.717) is 16.3 Å². The maximum atomic E-state index is 12.4. The van der Waals surface area contributed by atoms with Crippen LogP contribution in [-0.2, 0) is 0 Å². The third kappa shape index (κ3) is 4.20. The zero-order valence-corrected chi connectivity index (χ0v) is 13.6. The van der Waals surface area contributed by atoms with E-state index in [1.54, 1.807) is 29.8 Å². The first-order chi connectivity index (χ1) is 8.88. The minimum Gasteiger partial charge on any atom is -0.399 e. The molecule has 106 valence electrons. The van der Waals surface area contributed by atoms with Gasteiger partial charge in [-0.2, -0.15) is 11.8 Å². The van der Waals surface area contributed by atoms with Gasteiger partial charge in [0.15, 0.2) is 0 Å². The number of nitrogen functional groups attached to an aromatic ring is 1. The lowest BCUT2D eigenvalue weighted by Crippen LogP contribution is -2.35. The van der Waals surface area contributed by atoms with Crippen LogP contribution >= 0.6 is 35.0 Å². The fourth-order valence-electron chi connectivity index (χ4n) is 1.64. The average molecular weight is 321 g/mol. The van der Waals surface area contributed by atoms with Gasteiger partial charge in [0.25, 0.3) is 5.91 Å². The molecule has 0 saturated carbocycles. The van der Waals surface area contributed by atoms with Gasteiger partial charge in [-0.1, -0.05) is 23.2 Å². The van der Waals surface area contributed by atoms with Crippen LogP contribution in [0.15, 0.2) is 12.1 Å². The van der Waals surface area contributed by atoms with Crippen molar-refractivity contribution < 1.29 is 4.79 Å². The number of nitrogens with two attached hydrogens (primary N) is 1. The van der Waals surface area contributed by atoms with Gasteiger partial charge in [0.05, 0.1) is 15.6 Å². The lowest BCUT2D eigenvalue weighted by atomic mass is 10.1. The molecule has 1 rings (SSSR count). The number of hydrogen-bond donors (Lipinski definition) is 1. The molecule has 0 aliphatic rings. The van der Waals surface area contributed by atoms with Crippen molar-refractivity contribution in [3.05, 3.63) is 27.7 Å². The summed E-state index contributed by atoms with van der Waals surface area (Å²) in [4.78, 5) is 14.1. The molecule has 0 aliphatic carbocycles. The SMILES string of the molecule is CSCCC(C)N(C)C(=O)c1cc(N)cc(Cl)c1Cl. The maximum Gasteiger partial charge on any atom is 0.255 e. The molecule has 0 fully saturated rings. The Bertz CT molecular complexity index is 468. The van der Waals surface area contributed by atoms with Crippen molar-refractivity contribution in [3.63, 3.8) is 0 Å². The normalized spacial score (nSPS) is 12.3. The second kappa shape index (κ2) is 7.27. The third-order valence-corrected chi connectivity index (χ3v) is 4.45. The predicted molar refractivity (Wildman–Crippen MR) is 85.4 cm³/mol. The van der Waals surface area contributed by atoms with E-state index in [9.17, 15) is 4.79 Å². The molecule has 0 spiro atoms. The fourth-order valence-corrected chi connectivity index (χ4v) is 2.63. The molecule has 1 unspecified atom stereocenters. The van der Waals surface area contributed by atoms with Crippen LogP contribution in [0.1, 0.15) is 23.7 Å². The van der Waals surface area contributed by atoms with Gasteiger partial charge in [0.2, 0.25) is 0 Å². The zero-order valence-electron chi connectivity index (χ0n) is 11.2. The number of benzene rings is 1. The van der Waals surface area contributed by atoms with Crippen LogP contribution in [0.2, 0.25) is 10.0 Å². The van der Waals surface area contributed by atoms with Crippen molar-refractivity contribution in [2.24, 2.45) is 0 Å². The van der Waals surface area contributed by atoms with Crippen molar-refractivity contribution in [2.45, 2.75) is 19.4 Å². The molecule has 0 radical (unpaired) electrons. The minimum absolute atomic E-state index is 0.135. The standard InChI is InChI=1S/C13H18Cl2N2OS/c1-8(4-5-19-3)17(2)13(18)10-6-9(16)7-11(14)12(10)15/h6-8H,4-5,16H2,1-3H3. The average Bonchev–Trinajstić information content (AvgIpc) is 2.38. The van der Waals surface area contributed by atoms with E-state index < -0.39 is 0 Å². The smallest absolute Gasteiger partial charge is 0.255 e. The molecule has 0 saturated heterocycles. The second-order valence-electron chi connectivity index (χ2n) is 4.41. The maximum absolute atomic E-state index is 12.4. The topological polar surface area (TPSA) is 46.3 Å². The van der Waals surface area contributed by atoms with E-state index >= 15 is 0 Å². The van der Waals surface area contributed by atoms with E-state index in [2.05, 4.69) is 0 Å². The third-order valence-electron chi connectivity index (χ3n) is 3.00. The summed E-state index contributed by atoms with van der Waals surface area (Å²) >= 11 is 13.8. The lowest BCUT2D eigenvalue weighted by Gasteiger charge is -2.25. The molecule has 6 heteroatoms. The molecule has 1 atom stereocenters. The van der Waals surface area contributed by atoms with Crippen LogP contribution < -0.4 is 5.73 Å². The first-order valence-corrected chi connectivity index (χ1v) is 8.04. The number of carbonyl (C=O) groups is 1. The lowest BCUT2D eigenvalue weighted by molar-refractivity contribution is 0.0741. The van der Waals surface area contributed by atoms with E-state index in [4.69, 9.17) is 28.9 Å². The highest BCUT2D eigenvalue weighted by Crippen LogP contribution is 2.29. The Kier molecular flexibility index (Phi) is 6.30. The van der Waals surface area contributed by atoms with E-state index in [1.807, 2.05) is 13.2 Å². The summed E-state index contributed by atoms with van der Waals surface area (Å²) in [5, 5.41) is 0.556. The first kappa shape index (κ1) is 16.5. The Balaban J connectivity index is 2.94. The molecule has 19 heavy (non-hydrogen) atoms. The Hall–Kier alpha value is -0.580. The monoisotopic (exact) mass is 320 g/mol. The highest BCUT2D eigenvalue weighted by atomic mass is 35.5. The van der Waals surface area contributed by atoms with Crippen molar-refractivity contribution in [1.82, 2.24) is 4.90 Å². The Morgan fingerprint density at radius 1 is 1.47 bits per heavy atom. The van der Waals surface area contributed by atoms with Crippen molar-refractivity contribution in [2.75, 3.05) is 24.8 Å². The van der Waals surface area contributed by atoms with Crippen molar-refractivity contribution in [1.29, 1.82) is 0 Å². The molecular weight excluding hydrogens is 303 g/mol. The van der Waals surface area contributed by atoms with E-state index in [-0.39, 0.29) is 17.0 Å². The van der Waals surface area contributed by atoms with Gasteiger partial charge < -0.3 is 10.6 Å².